The van der Waals surface area contributed by atoms with Crippen molar-refractivity contribution in [2.45, 2.75) is 19.3 Å². The Morgan fingerprint density at radius 1 is 1.00 bits per heavy atom. The molecule has 1 N–H and O–H groups in total. The Balaban J connectivity index is 1.25. The number of benzene rings is 2. The minimum absolute atomic E-state index is 0.00543. The number of likely N-dealkylation sites (tertiary alicyclic amines) is 1. The van der Waals surface area contributed by atoms with E-state index in [4.69, 9.17) is 4.74 Å². The molecule has 1 fully saturated rings. The molecule has 0 unspecified atom stereocenters. The van der Waals surface area contributed by atoms with Gasteiger partial charge in [0.2, 0.25) is 11.8 Å². The highest BCUT2D eigenvalue weighted by atomic mass is 16.5. The molecule has 1 saturated heterocycles. The lowest BCUT2D eigenvalue weighted by molar-refractivity contribution is -0.135. The number of amides is 2. The molecule has 1 aliphatic rings. The van der Waals surface area contributed by atoms with E-state index < -0.39 is 0 Å². The largest absolute Gasteiger partial charge is 0.493 e. The zero-order valence-corrected chi connectivity index (χ0v) is 16.8. The van der Waals surface area contributed by atoms with Gasteiger partial charge in [0.1, 0.15) is 5.75 Å². The van der Waals surface area contributed by atoms with Gasteiger partial charge in [-0.25, -0.2) is 0 Å². The lowest BCUT2D eigenvalue weighted by atomic mass is 9.95. The average Bonchev–Trinajstić information content (AvgIpc) is 2.80. The number of nitrogens with one attached hydrogen (secondary N) is 1. The number of carbonyl (C=O) groups excluding carboxylic acids is 2. The lowest BCUT2D eigenvalue weighted by Gasteiger charge is -2.31. The summed E-state index contributed by atoms with van der Waals surface area (Å²) in [5.41, 5.74) is 1.63. The Labute approximate surface area is 175 Å². The van der Waals surface area contributed by atoms with Crippen LogP contribution in [0.4, 0.5) is 5.69 Å². The lowest BCUT2D eigenvalue weighted by Crippen LogP contribution is -2.41. The summed E-state index contributed by atoms with van der Waals surface area (Å²) in [6.45, 7) is 1.55. The van der Waals surface area contributed by atoms with Gasteiger partial charge < -0.3 is 15.0 Å². The smallest absolute Gasteiger partial charge is 0.227 e. The maximum Gasteiger partial charge on any atom is 0.227 e. The first-order valence-electron chi connectivity index (χ1n) is 10.3. The van der Waals surface area contributed by atoms with Crippen LogP contribution in [0.25, 0.3) is 10.9 Å². The van der Waals surface area contributed by atoms with Crippen LogP contribution in [0.5, 0.6) is 5.75 Å². The Morgan fingerprint density at radius 2 is 1.80 bits per heavy atom. The molecular formula is C24H25N3O3. The highest BCUT2D eigenvalue weighted by Crippen LogP contribution is 2.24. The van der Waals surface area contributed by atoms with Crippen molar-refractivity contribution in [3.63, 3.8) is 0 Å². The van der Waals surface area contributed by atoms with Crippen LogP contribution in [0.2, 0.25) is 0 Å². The summed E-state index contributed by atoms with van der Waals surface area (Å²) in [5, 5.41) is 3.98. The monoisotopic (exact) mass is 403 g/mol. The van der Waals surface area contributed by atoms with E-state index in [1.54, 1.807) is 6.20 Å². The molecule has 2 aromatic carbocycles. The number of rotatable bonds is 6. The number of para-hydroxylation sites is 1. The quantitative estimate of drug-likeness (QED) is 0.678. The van der Waals surface area contributed by atoms with E-state index in [1.165, 1.54) is 0 Å². The number of nitrogens with zero attached hydrogens (tertiary/aromatic N) is 2. The normalized spacial score (nSPS) is 14.5. The van der Waals surface area contributed by atoms with Gasteiger partial charge >= 0.3 is 0 Å². The molecule has 0 atom stereocenters. The van der Waals surface area contributed by atoms with Crippen LogP contribution < -0.4 is 10.1 Å². The molecule has 1 aromatic heterocycles. The first-order valence-corrected chi connectivity index (χ1v) is 10.3. The second-order valence-corrected chi connectivity index (χ2v) is 7.43. The van der Waals surface area contributed by atoms with Gasteiger partial charge in [-0.15, -0.1) is 0 Å². The molecule has 1 aliphatic heterocycles. The van der Waals surface area contributed by atoms with E-state index in [-0.39, 0.29) is 17.7 Å². The first kappa shape index (κ1) is 19.9. The van der Waals surface area contributed by atoms with Crippen molar-refractivity contribution in [1.29, 1.82) is 0 Å². The third-order valence-corrected chi connectivity index (χ3v) is 5.45. The summed E-state index contributed by atoms with van der Waals surface area (Å²) in [7, 11) is 0. The van der Waals surface area contributed by atoms with Crippen LogP contribution in [0.1, 0.15) is 19.3 Å². The second-order valence-electron chi connectivity index (χ2n) is 7.43. The van der Waals surface area contributed by atoms with Crippen molar-refractivity contribution in [1.82, 2.24) is 9.88 Å². The van der Waals surface area contributed by atoms with Gasteiger partial charge in [0.05, 0.1) is 24.2 Å². The zero-order valence-electron chi connectivity index (χ0n) is 16.8. The number of piperidine rings is 1. The summed E-state index contributed by atoms with van der Waals surface area (Å²) >= 11 is 0. The molecule has 0 saturated carbocycles. The number of anilines is 1. The first-order chi connectivity index (χ1) is 14.7. The maximum atomic E-state index is 12.8. The van der Waals surface area contributed by atoms with Crippen LogP contribution in [-0.4, -0.2) is 41.4 Å². The molecule has 3 aromatic rings. The van der Waals surface area contributed by atoms with Crippen LogP contribution in [0.15, 0.2) is 66.9 Å². The zero-order chi connectivity index (χ0) is 20.8. The summed E-state index contributed by atoms with van der Waals surface area (Å²) in [6, 6.07) is 19.0. The van der Waals surface area contributed by atoms with Crippen molar-refractivity contribution in [3.8, 4) is 5.75 Å². The summed E-state index contributed by atoms with van der Waals surface area (Å²) in [4.78, 5) is 31.4. The van der Waals surface area contributed by atoms with Gasteiger partial charge in [-0.1, -0.05) is 24.3 Å². The molecular weight excluding hydrogens is 378 g/mol. The van der Waals surface area contributed by atoms with E-state index in [9.17, 15) is 9.59 Å². The molecule has 30 heavy (non-hydrogen) atoms. The molecule has 4 rings (SSSR count). The molecule has 154 valence electrons. The van der Waals surface area contributed by atoms with E-state index in [2.05, 4.69) is 10.3 Å². The third-order valence-electron chi connectivity index (χ3n) is 5.45. The second kappa shape index (κ2) is 9.39. The van der Waals surface area contributed by atoms with Crippen molar-refractivity contribution < 1.29 is 14.3 Å². The molecule has 2 amide bonds. The van der Waals surface area contributed by atoms with Crippen molar-refractivity contribution in [2.75, 3.05) is 25.0 Å². The molecule has 0 bridgehead atoms. The van der Waals surface area contributed by atoms with Crippen molar-refractivity contribution in [3.05, 3.63) is 66.9 Å². The number of hydrogen-bond donors (Lipinski definition) is 1. The van der Waals surface area contributed by atoms with Crippen LogP contribution in [0.3, 0.4) is 0 Å². The highest BCUT2D eigenvalue weighted by Gasteiger charge is 2.27. The number of ether oxygens (including phenoxy) is 1. The Kier molecular flexibility index (Phi) is 6.23. The minimum Gasteiger partial charge on any atom is -0.493 e. The van der Waals surface area contributed by atoms with Crippen molar-refractivity contribution in [2.24, 2.45) is 5.92 Å². The third kappa shape index (κ3) is 4.76. The van der Waals surface area contributed by atoms with E-state index in [0.29, 0.717) is 39.0 Å². The predicted octanol–water partition coefficient (Wildman–Crippen LogP) is 3.88. The fraction of sp³-hybridized carbons (Fsp3) is 0.292. The summed E-state index contributed by atoms with van der Waals surface area (Å²) in [5.74, 6) is 0.752. The maximum absolute atomic E-state index is 12.8. The highest BCUT2D eigenvalue weighted by molar-refractivity contribution is 6.01. The number of hydrogen-bond acceptors (Lipinski definition) is 4. The van der Waals surface area contributed by atoms with Gasteiger partial charge in [-0.05, 0) is 49.2 Å². The summed E-state index contributed by atoms with van der Waals surface area (Å²) in [6.07, 6.45) is 3.42. The standard InChI is InChI=1S/C24H25N3O3/c28-23(13-17-30-19-6-2-1-3-7-19)27-15-11-18(12-16-27)24(29)26-22-10-4-9-21-20(22)8-5-14-25-21/h1-10,14,18H,11-13,15-17H2,(H,26,29). The summed E-state index contributed by atoms with van der Waals surface area (Å²) < 4.78 is 5.61. The van der Waals surface area contributed by atoms with Crippen molar-refractivity contribution >= 4 is 28.4 Å². The minimum atomic E-state index is -0.0958. The molecule has 0 aliphatic carbocycles. The van der Waals surface area contributed by atoms with Gasteiger partial charge in [-0.3, -0.25) is 14.6 Å². The van der Waals surface area contributed by atoms with Crippen LogP contribution in [-0.2, 0) is 9.59 Å². The fourth-order valence-corrected chi connectivity index (χ4v) is 3.77. The van der Waals surface area contributed by atoms with Gasteiger partial charge in [0.25, 0.3) is 0 Å². The number of carbonyl (C=O) groups is 2. The van der Waals surface area contributed by atoms with E-state index >= 15 is 0 Å². The average molecular weight is 403 g/mol. The predicted molar refractivity (Wildman–Crippen MR) is 116 cm³/mol. The van der Waals surface area contributed by atoms with Crippen LogP contribution in [0, 0.1) is 5.92 Å². The molecule has 6 heteroatoms. The number of fused-ring (bicyclic) bond motifs is 1. The van der Waals surface area contributed by atoms with Gasteiger partial charge in [0, 0.05) is 30.6 Å². The number of pyridine rings is 1. The Morgan fingerprint density at radius 3 is 2.60 bits per heavy atom. The number of aromatic nitrogens is 1. The Bertz CT molecular complexity index is 1010. The van der Waals surface area contributed by atoms with E-state index in [0.717, 1.165) is 22.3 Å². The van der Waals surface area contributed by atoms with Gasteiger partial charge in [-0.2, -0.15) is 0 Å². The fourth-order valence-electron chi connectivity index (χ4n) is 3.77. The Hall–Kier alpha value is -3.41. The van der Waals surface area contributed by atoms with Gasteiger partial charge in [0.15, 0.2) is 0 Å². The molecule has 6 nitrogen and oxygen atoms in total. The van der Waals surface area contributed by atoms with Crippen LogP contribution >= 0.6 is 0 Å². The molecule has 0 radical (unpaired) electrons. The molecule has 2 heterocycles. The topological polar surface area (TPSA) is 71.5 Å². The SMILES string of the molecule is O=C(Nc1cccc2ncccc12)C1CCN(C(=O)CCOc2ccccc2)CC1. The van der Waals surface area contributed by atoms with E-state index in [1.807, 2.05) is 65.6 Å². The molecule has 0 spiro atoms.